The molecule has 0 N–H and O–H groups in total. The minimum atomic E-state index is -0.0402. The number of fused-ring (bicyclic) bond motifs is 9. The molecule has 5 heterocycles. The predicted molar refractivity (Wildman–Crippen MR) is 276 cm³/mol. The third-order valence-electron chi connectivity index (χ3n) is 14.5. The van der Waals surface area contributed by atoms with E-state index in [1.807, 2.05) is 11.8 Å². The first kappa shape index (κ1) is 41.2. The quantitative estimate of drug-likeness (QED) is 0.127. The maximum atomic E-state index is 2.67. The molecule has 0 aliphatic carbocycles. The molecule has 0 bridgehead atoms. The zero-order valence-corrected chi connectivity index (χ0v) is 41.1. The van der Waals surface area contributed by atoms with Gasteiger partial charge in [0.1, 0.15) is 7.05 Å². The van der Waals surface area contributed by atoms with Gasteiger partial charge in [0, 0.05) is 55.2 Å². The third kappa shape index (κ3) is 6.13. The Morgan fingerprint density at radius 2 is 1.16 bits per heavy atom. The molecule has 8 aromatic rings. The molecule has 0 radical (unpaired) electrons. The van der Waals surface area contributed by atoms with Crippen molar-refractivity contribution in [1.29, 1.82) is 0 Å². The van der Waals surface area contributed by atoms with E-state index in [2.05, 4.69) is 226 Å². The van der Waals surface area contributed by atoms with E-state index in [1.54, 1.807) is 0 Å². The van der Waals surface area contributed by atoms with Crippen LogP contribution in [0.25, 0.3) is 49.9 Å². The van der Waals surface area contributed by atoms with Crippen LogP contribution in [0.1, 0.15) is 111 Å². The van der Waals surface area contributed by atoms with Gasteiger partial charge in [0.15, 0.2) is 6.20 Å². The van der Waals surface area contributed by atoms with Gasteiger partial charge in [0.2, 0.25) is 5.69 Å². The summed E-state index contributed by atoms with van der Waals surface area (Å²) in [5, 5.41) is 2.69. The Labute approximate surface area is 385 Å². The average Bonchev–Trinajstić information content (AvgIpc) is 3.55. The number of nitrogens with zero attached hydrogens (tertiary/aromatic N) is 3. The fraction of sp³-hybridized carbons (Fsp3) is 0.305. The predicted octanol–water partition coefficient (Wildman–Crippen LogP) is 13.5. The highest BCUT2D eigenvalue weighted by atomic mass is 32.2. The topological polar surface area (TPSA) is 12.1 Å². The van der Waals surface area contributed by atoms with E-state index in [4.69, 9.17) is 0 Å². The molecule has 2 aromatic heterocycles. The number of anilines is 3. The maximum absolute atomic E-state index is 2.67. The zero-order valence-electron chi connectivity index (χ0n) is 40.3. The molecule has 64 heavy (non-hydrogen) atoms. The minimum Gasteiger partial charge on any atom is -0.310 e. The van der Waals surface area contributed by atoms with Crippen LogP contribution in [-0.2, 0) is 28.7 Å². The summed E-state index contributed by atoms with van der Waals surface area (Å²) in [4.78, 5) is 5.33. The molecule has 0 spiro atoms. The highest BCUT2D eigenvalue weighted by Gasteiger charge is 2.46. The molecule has 3 aliphatic rings. The molecule has 0 atom stereocenters. The van der Waals surface area contributed by atoms with Gasteiger partial charge in [0.25, 0.3) is 6.71 Å². The first-order valence-electron chi connectivity index (χ1n) is 23.3. The number of pyridine rings is 1. The van der Waals surface area contributed by atoms with E-state index < -0.39 is 0 Å². The molecule has 0 fully saturated rings. The van der Waals surface area contributed by atoms with Gasteiger partial charge < -0.3 is 9.47 Å². The second-order valence-corrected chi connectivity index (χ2v) is 24.2. The third-order valence-corrected chi connectivity index (χ3v) is 15.6. The fourth-order valence-electron chi connectivity index (χ4n) is 10.8. The molecular formula is C59H61BN3S+. The van der Waals surface area contributed by atoms with Crippen LogP contribution in [0.4, 0.5) is 17.1 Å². The molecule has 11 rings (SSSR count). The van der Waals surface area contributed by atoms with Crippen molar-refractivity contribution in [3.8, 4) is 28.1 Å². The molecule has 3 aliphatic heterocycles. The smallest absolute Gasteiger partial charge is 0.252 e. The van der Waals surface area contributed by atoms with Crippen LogP contribution in [0.5, 0.6) is 0 Å². The number of rotatable bonds is 2. The summed E-state index contributed by atoms with van der Waals surface area (Å²) in [6, 6.07) is 43.4. The largest absolute Gasteiger partial charge is 0.310 e. The number of hydrogen-bond acceptors (Lipinski definition) is 2. The summed E-state index contributed by atoms with van der Waals surface area (Å²) < 4.78 is 4.88. The molecule has 0 saturated carbocycles. The van der Waals surface area contributed by atoms with E-state index >= 15 is 0 Å². The molecule has 0 amide bonds. The second-order valence-electron chi connectivity index (χ2n) is 23.1. The fourth-order valence-corrected chi connectivity index (χ4v) is 11.9. The first-order chi connectivity index (χ1) is 30.1. The summed E-state index contributed by atoms with van der Waals surface area (Å²) in [5.41, 5.74) is 23.7. The summed E-state index contributed by atoms with van der Waals surface area (Å²) in [5.74, 6) is 0. The number of aromatic nitrogens is 2. The zero-order chi connectivity index (χ0) is 45.2. The highest BCUT2D eigenvalue weighted by Crippen LogP contribution is 2.55. The highest BCUT2D eigenvalue weighted by molar-refractivity contribution is 7.99. The van der Waals surface area contributed by atoms with Crippen molar-refractivity contribution in [2.75, 3.05) is 4.90 Å². The monoisotopic (exact) mass is 854 g/mol. The van der Waals surface area contributed by atoms with Crippen LogP contribution in [0.15, 0.2) is 125 Å². The normalized spacial score (nSPS) is 14.3. The lowest BCUT2D eigenvalue weighted by molar-refractivity contribution is -0.660. The minimum absolute atomic E-state index is 0.0180. The Kier molecular flexibility index (Phi) is 8.70. The molecule has 0 saturated heterocycles. The number of hydrogen-bond donors (Lipinski definition) is 0. The van der Waals surface area contributed by atoms with E-state index in [-0.39, 0.29) is 28.4 Å². The van der Waals surface area contributed by atoms with Crippen molar-refractivity contribution in [3.63, 3.8) is 0 Å². The molecule has 6 aromatic carbocycles. The van der Waals surface area contributed by atoms with Gasteiger partial charge in [-0.3, -0.25) is 0 Å². The van der Waals surface area contributed by atoms with Gasteiger partial charge in [-0.2, -0.15) is 0 Å². The summed E-state index contributed by atoms with van der Waals surface area (Å²) in [7, 11) is 2.14. The Morgan fingerprint density at radius 1 is 0.531 bits per heavy atom. The lowest BCUT2D eigenvalue weighted by atomic mass is 9.33. The van der Waals surface area contributed by atoms with Crippen molar-refractivity contribution in [3.05, 3.63) is 143 Å². The van der Waals surface area contributed by atoms with Gasteiger partial charge in [-0.05, 0) is 145 Å². The average molecular weight is 855 g/mol. The van der Waals surface area contributed by atoms with E-state index in [9.17, 15) is 0 Å². The Hall–Kier alpha value is -5.52. The molecule has 0 unspecified atom stereocenters. The summed E-state index contributed by atoms with van der Waals surface area (Å²) >= 11 is 1.97. The summed E-state index contributed by atoms with van der Waals surface area (Å²) in [6.45, 7) is 30.6. The summed E-state index contributed by atoms with van der Waals surface area (Å²) in [6.07, 6.45) is 2.14. The van der Waals surface area contributed by atoms with Crippen LogP contribution in [0.2, 0.25) is 0 Å². The number of aryl methyl sites for hydroxylation is 2. The number of benzene rings is 6. The first-order valence-corrected chi connectivity index (χ1v) is 24.1. The SMILES string of the molecule is Cc1cc(-c2cc3c4c(c2)-n2c5ccc(C(C)(C)C)cc5c5cc(C(C)(C)C)cc(c52)B4c2cc(C(C)(C)C)cc4c2N3c2ccc(C(C)(C)C)cc2S4)ccc1-c1cccc[n+]1C. The lowest BCUT2D eigenvalue weighted by Gasteiger charge is -2.45. The van der Waals surface area contributed by atoms with Crippen molar-refractivity contribution in [2.24, 2.45) is 7.05 Å². The van der Waals surface area contributed by atoms with E-state index in [0.29, 0.717) is 0 Å². The molecule has 320 valence electrons. The van der Waals surface area contributed by atoms with Crippen molar-refractivity contribution < 1.29 is 4.57 Å². The van der Waals surface area contributed by atoms with Crippen molar-refractivity contribution in [2.45, 2.75) is 121 Å². The Morgan fingerprint density at radius 3 is 1.84 bits per heavy atom. The van der Waals surface area contributed by atoms with Crippen LogP contribution in [0.3, 0.4) is 0 Å². The standard InChI is InChI=1S/C59H61BN3S/c1-34-25-35(18-21-41(34)46-17-15-16-24-61(46)14)36-26-49-53-50(27-36)63-48-23-20-38(57(5,6)7)32-51(48)64-52-33-40(59(11,12)13)31-45(55(52)63)60(53)44-30-39(58(8,9)10)29-43-42-28-37(56(2,3)4)19-22-47(42)62(49)54(43)44/h15-33H,1-14H3/q+1. The van der Waals surface area contributed by atoms with Crippen molar-refractivity contribution in [1.82, 2.24) is 4.57 Å². The van der Waals surface area contributed by atoms with E-state index in [1.165, 1.54) is 121 Å². The van der Waals surface area contributed by atoms with Gasteiger partial charge in [-0.15, -0.1) is 0 Å². The lowest BCUT2D eigenvalue weighted by Crippen LogP contribution is -2.61. The van der Waals surface area contributed by atoms with Crippen molar-refractivity contribution >= 4 is 73.7 Å². The van der Waals surface area contributed by atoms with Crippen LogP contribution < -0.4 is 25.9 Å². The van der Waals surface area contributed by atoms with Gasteiger partial charge in [0.05, 0.1) is 16.9 Å². The Bertz CT molecular complexity index is 3320. The maximum Gasteiger partial charge on any atom is 0.252 e. The molecule has 5 heteroatoms. The van der Waals surface area contributed by atoms with E-state index in [0.717, 1.165) is 0 Å². The van der Waals surface area contributed by atoms with Gasteiger partial charge >= 0.3 is 0 Å². The van der Waals surface area contributed by atoms with Gasteiger partial charge in [-0.1, -0.05) is 131 Å². The van der Waals surface area contributed by atoms with Crippen LogP contribution >= 0.6 is 11.8 Å². The molecular weight excluding hydrogens is 794 g/mol. The van der Waals surface area contributed by atoms with Crippen LogP contribution in [0, 0.1) is 6.92 Å². The second kappa shape index (κ2) is 13.5. The Balaban J connectivity index is 1.29. The van der Waals surface area contributed by atoms with Gasteiger partial charge in [-0.25, -0.2) is 4.57 Å². The molecule has 3 nitrogen and oxygen atoms in total. The van der Waals surface area contributed by atoms with Crippen LogP contribution in [-0.4, -0.2) is 11.3 Å².